The number of nitrogens with zero attached hydrogens (tertiary/aromatic N) is 1. The Morgan fingerprint density at radius 2 is 1.95 bits per heavy atom. The van der Waals surface area contributed by atoms with Crippen molar-refractivity contribution in [1.29, 1.82) is 0 Å². The van der Waals surface area contributed by atoms with Crippen LogP contribution in [0.3, 0.4) is 0 Å². The maximum absolute atomic E-state index is 9.27. The molecule has 0 bridgehead atoms. The van der Waals surface area contributed by atoms with Gasteiger partial charge in [-0.25, -0.2) is 0 Å². The van der Waals surface area contributed by atoms with Gasteiger partial charge >= 0.3 is 0 Å². The second-order valence-corrected chi connectivity index (χ2v) is 7.43. The molecule has 118 valence electrons. The molecule has 0 spiro atoms. The van der Waals surface area contributed by atoms with E-state index in [1.807, 2.05) is 6.07 Å². The van der Waals surface area contributed by atoms with Gasteiger partial charge in [0.2, 0.25) is 0 Å². The highest BCUT2D eigenvalue weighted by Gasteiger charge is 2.21. The van der Waals surface area contributed by atoms with Crippen LogP contribution in [0, 0.1) is 5.92 Å². The van der Waals surface area contributed by atoms with Crippen LogP contribution in [0.2, 0.25) is 5.02 Å². The standard InChI is InChI=1S/C17H27ClN2O/c1-17(2,3)19-11-14-10-15(18)4-5-16(14)20-8-6-13(12-21)7-9-20/h4-5,10,13,19,21H,6-9,11-12H2,1-3H3. The number of piperidine rings is 1. The first-order valence-corrected chi connectivity index (χ1v) is 8.16. The van der Waals surface area contributed by atoms with Crippen LogP contribution in [0.4, 0.5) is 5.69 Å². The molecule has 2 N–H and O–H groups in total. The Morgan fingerprint density at radius 1 is 1.29 bits per heavy atom. The molecular weight excluding hydrogens is 284 g/mol. The molecule has 1 aromatic carbocycles. The monoisotopic (exact) mass is 310 g/mol. The molecule has 1 aliphatic rings. The number of hydrogen-bond acceptors (Lipinski definition) is 3. The van der Waals surface area contributed by atoms with Crippen molar-refractivity contribution in [2.24, 2.45) is 5.92 Å². The first kappa shape index (κ1) is 16.6. The summed E-state index contributed by atoms with van der Waals surface area (Å²) in [7, 11) is 0. The van der Waals surface area contributed by atoms with Gasteiger partial charge < -0.3 is 15.3 Å². The summed E-state index contributed by atoms with van der Waals surface area (Å²) in [5, 5.41) is 13.6. The number of halogens is 1. The van der Waals surface area contributed by atoms with Crippen LogP contribution in [-0.2, 0) is 6.54 Å². The fourth-order valence-electron chi connectivity index (χ4n) is 2.72. The highest BCUT2D eigenvalue weighted by molar-refractivity contribution is 6.30. The van der Waals surface area contributed by atoms with Gasteiger partial charge in [-0.3, -0.25) is 0 Å². The minimum Gasteiger partial charge on any atom is -0.396 e. The fourth-order valence-corrected chi connectivity index (χ4v) is 2.92. The Morgan fingerprint density at radius 3 is 2.52 bits per heavy atom. The largest absolute Gasteiger partial charge is 0.396 e. The molecular formula is C17H27ClN2O. The van der Waals surface area contributed by atoms with Gasteiger partial charge in [0.1, 0.15) is 0 Å². The first-order valence-electron chi connectivity index (χ1n) is 7.78. The molecule has 0 amide bonds. The molecule has 0 radical (unpaired) electrons. The van der Waals surface area contributed by atoms with Crippen molar-refractivity contribution in [3.8, 4) is 0 Å². The lowest BCUT2D eigenvalue weighted by Gasteiger charge is -2.34. The number of rotatable bonds is 4. The zero-order valence-corrected chi connectivity index (χ0v) is 14.1. The van der Waals surface area contributed by atoms with Crippen LogP contribution in [0.15, 0.2) is 18.2 Å². The molecule has 0 aromatic heterocycles. The van der Waals surface area contributed by atoms with Crippen molar-refractivity contribution in [3.05, 3.63) is 28.8 Å². The molecule has 1 saturated heterocycles. The Balaban J connectivity index is 2.11. The van der Waals surface area contributed by atoms with E-state index in [4.69, 9.17) is 11.6 Å². The minimum atomic E-state index is 0.0868. The van der Waals surface area contributed by atoms with Gasteiger partial charge in [-0.15, -0.1) is 0 Å². The lowest BCUT2D eigenvalue weighted by Crippen LogP contribution is -2.37. The maximum atomic E-state index is 9.27. The molecule has 0 saturated carbocycles. The Hall–Kier alpha value is -0.770. The van der Waals surface area contributed by atoms with Crippen molar-refractivity contribution >= 4 is 17.3 Å². The zero-order valence-electron chi connectivity index (χ0n) is 13.3. The first-order chi connectivity index (χ1) is 9.89. The lowest BCUT2D eigenvalue weighted by atomic mass is 9.96. The van der Waals surface area contributed by atoms with E-state index in [0.717, 1.165) is 37.5 Å². The van der Waals surface area contributed by atoms with Crippen molar-refractivity contribution < 1.29 is 5.11 Å². The van der Waals surface area contributed by atoms with Crippen molar-refractivity contribution in [3.63, 3.8) is 0 Å². The third-order valence-electron chi connectivity index (χ3n) is 4.06. The third-order valence-corrected chi connectivity index (χ3v) is 4.30. The molecule has 1 heterocycles. The van der Waals surface area contributed by atoms with Crippen LogP contribution in [-0.4, -0.2) is 30.3 Å². The number of benzene rings is 1. The molecule has 2 rings (SSSR count). The summed E-state index contributed by atoms with van der Waals surface area (Å²) in [6, 6.07) is 6.16. The van der Waals surface area contributed by atoms with E-state index in [0.29, 0.717) is 12.5 Å². The highest BCUT2D eigenvalue weighted by Crippen LogP contribution is 2.28. The van der Waals surface area contributed by atoms with E-state index in [1.54, 1.807) is 0 Å². The molecule has 1 fully saturated rings. The second-order valence-electron chi connectivity index (χ2n) is 6.99. The van der Waals surface area contributed by atoms with Gasteiger partial charge in [-0.2, -0.15) is 0 Å². The normalized spacial score (nSPS) is 17.3. The van der Waals surface area contributed by atoms with Crippen LogP contribution in [0.5, 0.6) is 0 Å². The Kier molecular flexibility index (Phi) is 5.53. The zero-order chi connectivity index (χ0) is 15.5. The van der Waals surface area contributed by atoms with E-state index in [9.17, 15) is 5.11 Å². The van der Waals surface area contributed by atoms with E-state index >= 15 is 0 Å². The summed E-state index contributed by atoms with van der Waals surface area (Å²) < 4.78 is 0. The molecule has 3 nitrogen and oxygen atoms in total. The number of hydrogen-bond donors (Lipinski definition) is 2. The summed E-state index contributed by atoms with van der Waals surface area (Å²) in [5.41, 5.74) is 2.61. The van der Waals surface area contributed by atoms with Crippen molar-refractivity contribution in [2.75, 3.05) is 24.6 Å². The van der Waals surface area contributed by atoms with E-state index in [1.165, 1.54) is 11.3 Å². The number of nitrogens with one attached hydrogen (secondary N) is 1. The summed E-state index contributed by atoms with van der Waals surface area (Å²) in [4.78, 5) is 2.42. The summed E-state index contributed by atoms with van der Waals surface area (Å²) >= 11 is 6.17. The lowest BCUT2D eigenvalue weighted by molar-refractivity contribution is 0.203. The van der Waals surface area contributed by atoms with E-state index in [-0.39, 0.29) is 5.54 Å². The average molecular weight is 311 g/mol. The van der Waals surface area contributed by atoms with Crippen molar-refractivity contribution in [2.45, 2.75) is 45.7 Å². The SMILES string of the molecule is CC(C)(C)NCc1cc(Cl)ccc1N1CCC(CO)CC1. The Labute approximate surface area is 133 Å². The molecule has 0 unspecified atom stereocenters. The molecule has 0 atom stereocenters. The van der Waals surface area contributed by atoms with Crippen LogP contribution in [0.25, 0.3) is 0 Å². The predicted octanol–water partition coefficient (Wildman–Crippen LogP) is 3.44. The summed E-state index contributed by atoms with van der Waals surface area (Å²) in [5.74, 6) is 0.463. The number of anilines is 1. The topological polar surface area (TPSA) is 35.5 Å². The second kappa shape index (κ2) is 6.99. The summed E-state index contributed by atoms with van der Waals surface area (Å²) in [6.45, 7) is 9.66. The molecule has 1 aromatic rings. The van der Waals surface area contributed by atoms with E-state index in [2.05, 4.69) is 43.1 Å². The highest BCUT2D eigenvalue weighted by atomic mass is 35.5. The fraction of sp³-hybridized carbons (Fsp3) is 0.647. The molecule has 1 aliphatic heterocycles. The number of aliphatic hydroxyl groups excluding tert-OH is 1. The predicted molar refractivity (Wildman–Crippen MR) is 90.1 cm³/mol. The van der Waals surface area contributed by atoms with Crippen LogP contribution >= 0.6 is 11.6 Å². The molecule has 21 heavy (non-hydrogen) atoms. The van der Waals surface area contributed by atoms with Gasteiger partial charge in [-0.1, -0.05) is 11.6 Å². The van der Waals surface area contributed by atoms with Gasteiger partial charge in [0.05, 0.1) is 0 Å². The van der Waals surface area contributed by atoms with Gasteiger partial charge in [-0.05, 0) is 63.3 Å². The quantitative estimate of drug-likeness (QED) is 0.894. The van der Waals surface area contributed by atoms with Crippen LogP contribution < -0.4 is 10.2 Å². The van der Waals surface area contributed by atoms with E-state index < -0.39 is 0 Å². The third kappa shape index (κ3) is 4.87. The minimum absolute atomic E-state index is 0.0868. The number of aliphatic hydroxyl groups is 1. The molecule has 4 heteroatoms. The maximum Gasteiger partial charge on any atom is 0.0460 e. The Bertz CT molecular complexity index is 462. The van der Waals surface area contributed by atoms with Crippen molar-refractivity contribution in [1.82, 2.24) is 5.32 Å². The summed E-state index contributed by atoms with van der Waals surface area (Å²) in [6.07, 6.45) is 2.12. The van der Waals surface area contributed by atoms with Gasteiger partial charge in [0.25, 0.3) is 0 Å². The van der Waals surface area contributed by atoms with Gasteiger partial charge in [0, 0.05) is 42.5 Å². The molecule has 0 aliphatic carbocycles. The smallest absolute Gasteiger partial charge is 0.0460 e. The van der Waals surface area contributed by atoms with Crippen LogP contribution in [0.1, 0.15) is 39.2 Å². The average Bonchev–Trinajstić information content (AvgIpc) is 2.45. The van der Waals surface area contributed by atoms with Gasteiger partial charge in [0.15, 0.2) is 0 Å².